The Balaban J connectivity index is 2.78. The highest BCUT2D eigenvalue weighted by Gasteiger charge is 2.43. The molecular weight excluding hydrogens is 304 g/mol. The Morgan fingerprint density at radius 2 is 1.86 bits per heavy atom. The first-order chi connectivity index (χ1) is 9.36. The second-order valence-corrected chi connectivity index (χ2v) is 14.0. The second-order valence-electron chi connectivity index (χ2n) is 7.59. The van der Waals surface area contributed by atoms with Crippen LogP contribution in [0.15, 0.2) is 12.7 Å². The number of hydrogen-bond donors (Lipinski definition) is 0. The smallest absolute Gasteiger partial charge is 0.264 e. The third kappa shape index (κ3) is 5.51. The van der Waals surface area contributed by atoms with E-state index in [1.807, 2.05) is 6.08 Å². The Kier molecular flexibility index (Phi) is 5.86. The van der Waals surface area contributed by atoms with Gasteiger partial charge in [-0.1, -0.05) is 26.8 Å². The summed E-state index contributed by atoms with van der Waals surface area (Å²) < 4.78 is 34.5. The van der Waals surface area contributed by atoms with Gasteiger partial charge in [0.25, 0.3) is 10.1 Å². The zero-order valence-corrected chi connectivity index (χ0v) is 16.0. The third-order valence-corrected chi connectivity index (χ3v) is 9.75. The van der Waals surface area contributed by atoms with Crippen molar-refractivity contribution in [2.45, 2.75) is 70.4 Å². The Morgan fingerprint density at radius 1 is 1.29 bits per heavy atom. The fourth-order valence-corrected chi connectivity index (χ4v) is 4.60. The molecule has 0 bridgehead atoms. The summed E-state index contributed by atoms with van der Waals surface area (Å²) in [5, 5.41) is 0.150. The minimum absolute atomic E-state index is 0.0857. The number of hydrogen-bond acceptors (Lipinski definition) is 4. The normalized spacial score (nSPS) is 27.8. The maximum Gasteiger partial charge on any atom is 0.264 e. The molecule has 0 saturated heterocycles. The summed E-state index contributed by atoms with van der Waals surface area (Å²) in [6.07, 6.45) is 5.00. The lowest BCUT2D eigenvalue weighted by atomic mass is 10.0. The van der Waals surface area contributed by atoms with Gasteiger partial charge in [-0.2, -0.15) is 8.42 Å². The quantitative estimate of drug-likeness (QED) is 0.422. The van der Waals surface area contributed by atoms with E-state index < -0.39 is 18.4 Å². The molecule has 0 amide bonds. The van der Waals surface area contributed by atoms with Crippen molar-refractivity contribution in [1.29, 1.82) is 0 Å². The van der Waals surface area contributed by atoms with E-state index in [0.717, 1.165) is 19.1 Å². The van der Waals surface area contributed by atoms with E-state index in [4.69, 9.17) is 8.61 Å². The molecule has 1 fully saturated rings. The van der Waals surface area contributed by atoms with E-state index in [0.29, 0.717) is 6.42 Å². The minimum Gasteiger partial charge on any atom is -0.414 e. The van der Waals surface area contributed by atoms with Crippen molar-refractivity contribution in [3.63, 3.8) is 0 Å². The van der Waals surface area contributed by atoms with Gasteiger partial charge in [0.15, 0.2) is 8.32 Å². The molecule has 0 aromatic heterocycles. The van der Waals surface area contributed by atoms with Crippen LogP contribution in [0.5, 0.6) is 0 Å². The first-order valence-corrected chi connectivity index (χ1v) is 12.2. The Hall–Kier alpha value is -0.173. The van der Waals surface area contributed by atoms with Gasteiger partial charge in [-0.25, -0.2) is 0 Å². The molecule has 3 unspecified atom stereocenters. The molecule has 124 valence electrons. The van der Waals surface area contributed by atoms with Crippen LogP contribution in [-0.2, 0) is 18.7 Å². The summed E-state index contributed by atoms with van der Waals surface area (Å²) in [7, 11) is -5.27. The molecule has 1 aliphatic carbocycles. The SMILES string of the molecule is C=CCC1CC(O[Si](C)(C)C(C)(C)C)CC1OS(C)(=O)=O. The largest absolute Gasteiger partial charge is 0.414 e. The molecule has 21 heavy (non-hydrogen) atoms. The molecule has 0 heterocycles. The van der Waals surface area contributed by atoms with E-state index in [1.54, 1.807) is 0 Å². The molecule has 3 atom stereocenters. The zero-order valence-electron chi connectivity index (χ0n) is 14.2. The van der Waals surface area contributed by atoms with Gasteiger partial charge in [0.05, 0.1) is 12.4 Å². The fraction of sp³-hybridized carbons (Fsp3) is 0.867. The molecule has 6 heteroatoms. The van der Waals surface area contributed by atoms with Crippen molar-refractivity contribution in [1.82, 2.24) is 0 Å². The standard InChI is InChI=1S/C15H30O4SSi/c1-8-9-12-10-13(11-14(12)18-20(5,16)17)19-21(6,7)15(2,3)4/h8,12-14H,1,9-11H2,2-7H3. The second kappa shape index (κ2) is 6.52. The van der Waals surface area contributed by atoms with Crippen LogP contribution >= 0.6 is 0 Å². The number of rotatable bonds is 6. The van der Waals surface area contributed by atoms with Crippen molar-refractivity contribution in [3.8, 4) is 0 Å². The third-order valence-electron chi connectivity index (χ3n) is 4.62. The van der Waals surface area contributed by atoms with Crippen LogP contribution < -0.4 is 0 Å². The van der Waals surface area contributed by atoms with E-state index >= 15 is 0 Å². The van der Waals surface area contributed by atoms with Crippen LogP contribution in [0, 0.1) is 5.92 Å². The highest BCUT2D eigenvalue weighted by Crippen LogP contribution is 2.41. The minimum atomic E-state index is -3.43. The van der Waals surface area contributed by atoms with Gasteiger partial charge in [-0.15, -0.1) is 6.58 Å². The van der Waals surface area contributed by atoms with E-state index in [-0.39, 0.29) is 23.2 Å². The maximum absolute atomic E-state index is 11.4. The first kappa shape index (κ1) is 18.9. The molecule has 0 aromatic rings. The summed E-state index contributed by atoms with van der Waals surface area (Å²) in [6, 6.07) is 0. The summed E-state index contributed by atoms with van der Waals surface area (Å²) in [5.41, 5.74) is 0. The highest BCUT2D eigenvalue weighted by molar-refractivity contribution is 7.86. The van der Waals surface area contributed by atoms with Crippen LogP contribution in [-0.4, -0.2) is 35.2 Å². The molecule has 1 saturated carbocycles. The fourth-order valence-electron chi connectivity index (χ4n) is 2.53. The average Bonchev–Trinajstić information content (AvgIpc) is 2.55. The monoisotopic (exact) mass is 334 g/mol. The zero-order chi connectivity index (χ0) is 16.5. The van der Waals surface area contributed by atoms with Crippen LogP contribution in [0.3, 0.4) is 0 Å². The molecule has 1 rings (SSSR count). The van der Waals surface area contributed by atoms with Gasteiger partial charge < -0.3 is 4.43 Å². The predicted molar refractivity (Wildman–Crippen MR) is 89.3 cm³/mol. The van der Waals surface area contributed by atoms with E-state index in [1.165, 1.54) is 0 Å². The molecule has 0 aromatic carbocycles. The van der Waals surface area contributed by atoms with Crippen molar-refractivity contribution in [2.75, 3.05) is 6.26 Å². The Bertz CT molecular complexity index is 465. The van der Waals surface area contributed by atoms with Gasteiger partial charge in [0.1, 0.15) is 0 Å². The summed E-state index contributed by atoms with van der Waals surface area (Å²) in [6.45, 7) is 14.8. The van der Waals surface area contributed by atoms with Gasteiger partial charge >= 0.3 is 0 Å². The van der Waals surface area contributed by atoms with Gasteiger partial charge in [-0.05, 0) is 36.9 Å². The molecule has 1 aliphatic rings. The van der Waals surface area contributed by atoms with Crippen LogP contribution in [0.2, 0.25) is 18.1 Å². The average molecular weight is 335 g/mol. The summed E-state index contributed by atoms with van der Waals surface area (Å²) in [5.74, 6) is 0.173. The Labute approximate surface area is 131 Å². The van der Waals surface area contributed by atoms with Crippen molar-refractivity contribution in [3.05, 3.63) is 12.7 Å². The molecular formula is C15H30O4SSi. The molecule has 0 aliphatic heterocycles. The van der Waals surface area contributed by atoms with Gasteiger partial charge in [-0.3, -0.25) is 4.18 Å². The van der Waals surface area contributed by atoms with Crippen molar-refractivity contribution in [2.24, 2.45) is 5.92 Å². The summed E-state index contributed by atoms with van der Waals surface area (Å²) in [4.78, 5) is 0. The van der Waals surface area contributed by atoms with Gasteiger partial charge in [0.2, 0.25) is 0 Å². The lowest BCUT2D eigenvalue weighted by molar-refractivity contribution is 0.150. The molecule has 0 spiro atoms. The van der Waals surface area contributed by atoms with Crippen LogP contribution in [0.4, 0.5) is 0 Å². The van der Waals surface area contributed by atoms with Crippen LogP contribution in [0.1, 0.15) is 40.0 Å². The Morgan fingerprint density at radius 3 is 2.29 bits per heavy atom. The predicted octanol–water partition coefficient (Wildman–Crippen LogP) is 3.71. The lowest BCUT2D eigenvalue weighted by Gasteiger charge is -2.38. The van der Waals surface area contributed by atoms with Crippen LogP contribution in [0.25, 0.3) is 0 Å². The van der Waals surface area contributed by atoms with E-state index in [2.05, 4.69) is 40.4 Å². The van der Waals surface area contributed by atoms with Gasteiger partial charge in [0, 0.05) is 12.5 Å². The number of allylic oxidation sites excluding steroid dienone is 1. The van der Waals surface area contributed by atoms with Crippen molar-refractivity contribution >= 4 is 18.4 Å². The first-order valence-electron chi connectivity index (χ1n) is 7.52. The maximum atomic E-state index is 11.4. The lowest BCUT2D eigenvalue weighted by Crippen LogP contribution is -2.43. The molecule has 4 nitrogen and oxygen atoms in total. The highest BCUT2D eigenvalue weighted by atomic mass is 32.2. The van der Waals surface area contributed by atoms with E-state index in [9.17, 15) is 8.42 Å². The molecule has 0 N–H and O–H groups in total. The summed E-state index contributed by atoms with van der Waals surface area (Å²) >= 11 is 0. The van der Waals surface area contributed by atoms with Crippen molar-refractivity contribution < 1.29 is 17.0 Å². The topological polar surface area (TPSA) is 52.6 Å². The molecule has 0 radical (unpaired) electrons.